The molecule has 1 heterocycles. The quantitative estimate of drug-likeness (QED) is 0.566. The van der Waals surface area contributed by atoms with Crippen LogP contribution in [-0.4, -0.2) is 43.1 Å². The van der Waals surface area contributed by atoms with E-state index in [1.807, 2.05) is 6.92 Å². The number of rotatable bonds is 2. The van der Waals surface area contributed by atoms with Gasteiger partial charge in [0.1, 0.15) is 0 Å². The molecular weight excluding hydrogens is 147 g/mol. The van der Waals surface area contributed by atoms with Crippen molar-refractivity contribution < 1.29 is 4.52 Å². The Labute approximate surface area is 63.9 Å². The second-order valence-electron chi connectivity index (χ2n) is 2.43. The van der Waals surface area contributed by atoms with Crippen molar-refractivity contribution in [2.24, 2.45) is 0 Å². The minimum absolute atomic E-state index is 0.401. The molecule has 1 saturated heterocycles. The summed E-state index contributed by atoms with van der Waals surface area (Å²) in [5.41, 5.74) is 0. The van der Waals surface area contributed by atoms with Gasteiger partial charge >= 0.3 is 0 Å². The summed E-state index contributed by atoms with van der Waals surface area (Å²) in [7, 11) is 3.83. The van der Waals surface area contributed by atoms with Crippen molar-refractivity contribution in [2.45, 2.75) is 6.92 Å². The van der Waals surface area contributed by atoms with Gasteiger partial charge in [0, 0.05) is 13.1 Å². The zero-order valence-corrected chi connectivity index (χ0v) is 7.77. The highest BCUT2D eigenvalue weighted by atomic mass is 31.2. The molecule has 0 aromatic heterocycles. The van der Waals surface area contributed by atoms with Gasteiger partial charge in [-0.1, -0.05) is 0 Å². The van der Waals surface area contributed by atoms with E-state index in [2.05, 4.69) is 23.4 Å². The van der Waals surface area contributed by atoms with Gasteiger partial charge in [0.25, 0.3) is 0 Å². The van der Waals surface area contributed by atoms with E-state index in [0.29, 0.717) is 0 Å². The van der Waals surface area contributed by atoms with Crippen LogP contribution in [-0.2, 0) is 4.52 Å². The average Bonchev–Trinajstić information content (AvgIpc) is 2.20. The molecule has 60 valence electrons. The molecule has 0 aromatic rings. The summed E-state index contributed by atoms with van der Waals surface area (Å²) in [6.45, 7) is 5.15. The summed E-state index contributed by atoms with van der Waals surface area (Å²) in [6.07, 6.45) is 0. The minimum Gasteiger partial charge on any atom is -0.332 e. The van der Waals surface area contributed by atoms with Crippen LogP contribution in [0.25, 0.3) is 0 Å². The average molecular weight is 162 g/mol. The minimum atomic E-state index is -0.401. The Morgan fingerprint density at radius 3 is 2.20 bits per heavy atom. The molecule has 0 aliphatic carbocycles. The van der Waals surface area contributed by atoms with Gasteiger partial charge in [0.15, 0.2) is 8.45 Å². The Morgan fingerprint density at radius 1 is 1.30 bits per heavy atom. The first-order valence-electron chi connectivity index (χ1n) is 3.61. The maximum Gasteiger partial charge on any atom is 0.187 e. The molecule has 1 fully saturated rings. The Kier molecular flexibility index (Phi) is 3.05. The normalized spacial score (nSPS) is 24.3. The predicted molar refractivity (Wildman–Crippen MR) is 43.8 cm³/mol. The van der Waals surface area contributed by atoms with Crippen molar-refractivity contribution in [3.63, 3.8) is 0 Å². The van der Waals surface area contributed by atoms with E-state index in [1.54, 1.807) is 0 Å². The third-order valence-electron chi connectivity index (χ3n) is 1.58. The maximum atomic E-state index is 5.54. The van der Waals surface area contributed by atoms with Gasteiger partial charge in [-0.15, -0.1) is 0 Å². The summed E-state index contributed by atoms with van der Waals surface area (Å²) >= 11 is 0. The van der Waals surface area contributed by atoms with Gasteiger partial charge in [0.2, 0.25) is 0 Å². The lowest BCUT2D eigenvalue weighted by Gasteiger charge is -2.22. The van der Waals surface area contributed by atoms with Crippen LogP contribution >= 0.6 is 8.45 Å². The molecule has 0 atom stereocenters. The van der Waals surface area contributed by atoms with E-state index in [1.165, 1.54) is 0 Å². The van der Waals surface area contributed by atoms with Gasteiger partial charge in [-0.2, -0.15) is 0 Å². The van der Waals surface area contributed by atoms with Crippen LogP contribution in [0, 0.1) is 0 Å². The zero-order valence-electron chi connectivity index (χ0n) is 6.87. The molecule has 0 bridgehead atoms. The van der Waals surface area contributed by atoms with Crippen molar-refractivity contribution in [1.29, 1.82) is 0 Å². The standard InChI is InChI=1S/C6H15N2OP/c1-4-9-10-7(2)5-6-8(10)3/h4-6H2,1-3H3. The highest BCUT2D eigenvalue weighted by Gasteiger charge is 2.27. The van der Waals surface area contributed by atoms with E-state index in [4.69, 9.17) is 4.52 Å². The second-order valence-corrected chi connectivity index (χ2v) is 4.56. The summed E-state index contributed by atoms with van der Waals surface area (Å²) < 4.78 is 10.1. The second kappa shape index (κ2) is 3.63. The van der Waals surface area contributed by atoms with Crippen molar-refractivity contribution in [3.05, 3.63) is 0 Å². The Bertz CT molecular complexity index is 102. The third-order valence-corrected chi connectivity index (χ3v) is 3.63. The first-order valence-corrected chi connectivity index (χ1v) is 4.77. The maximum absolute atomic E-state index is 5.54. The first kappa shape index (κ1) is 8.41. The SMILES string of the molecule is CCOP1N(C)CCN1C. The molecule has 0 amide bonds. The molecule has 0 N–H and O–H groups in total. The molecule has 4 heteroatoms. The van der Waals surface area contributed by atoms with E-state index in [-0.39, 0.29) is 0 Å². The fraction of sp³-hybridized carbons (Fsp3) is 1.00. The van der Waals surface area contributed by atoms with Crippen LogP contribution in [0.15, 0.2) is 0 Å². The van der Waals surface area contributed by atoms with Gasteiger partial charge < -0.3 is 4.52 Å². The lowest BCUT2D eigenvalue weighted by Crippen LogP contribution is -2.10. The molecule has 1 aliphatic heterocycles. The Hall–Kier alpha value is 0.310. The number of likely N-dealkylation sites (N-methyl/N-ethyl adjacent to an activating group) is 2. The van der Waals surface area contributed by atoms with Crippen LogP contribution in [0.1, 0.15) is 6.92 Å². The fourth-order valence-corrected chi connectivity index (χ4v) is 2.70. The lowest BCUT2D eigenvalue weighted by atomic mass is 10.6. The highest BCUT2D eigenvalue weighted by Crippen LogP contribution is 2.46. The number of nitrogens with zero attached hydrogens (tertiary/aromatic N) is 2. The molecular formula is C6H15N2OP. The molecule has 0 unspecified atom stereocenters. The van der Waals surface area contributed by atoms with Crippen molar-refractivity contribution in [2.75, 3.05) is 33.8 Å². The molecule has 1 aliphatic rings. The topological polar surface area (TPSA) is 15.7 Å². The van der Waals surface area contributed by atoms with Crippen LogP contribution in [0.5, 0.6) is 0 Å². The Morgan fingerprint density at radius 2 is 1.80 bits per heavy atom. The van der Waals surface area contributed by atoms with Gasteiger partial charge in [-0.3, -0.25) is 0 Å². The molecule has 0 saturated carbocycles. The predicted octanol–water partition coefficient (Wildman–Crippen LogP) is 1.13. The summed E-state index contributed by atoms with van der Waals surface area (Å²) in [6, 6.07) is 0. The molecule has 0 spiro atoms. The molecule has 0 aromatic carbocycles. The smallest absolute Gasteiger partial charge is 0.187 e. The van der Waals surface area contributed by atoms with Crippen molar-refractivity contribution in [1.82, 2.24) is 9.34 Å². The highest BCUT2D eigenvalue weighted by molar-refractivity contribution is 7.47. The number of hydrogen-bond donors (Lipinski definition) is 0. The van der Waals surface area contributed by atoms with Crippen molar-refractivity contribution >= 4 is 8.45 Å². The summed E-state index contributed by atoms with van der Waals surface area (Å²) in [5, 5.41) is 0. The van der Waals surface area contributed by atoms with Crippen molar-refractivity contribution in [3.8, 4) is 0 Å². The van der Waals surface area contributed by atoms with Crippen LogP contribution in [0.2, 0.25) is 0 Å². The zero-order chi connectivity index (χ0) is 7.56. The van der Waals surface area contributed by atoms with Crippen LogP contribution in [0.4, 0.5) is 0 Å². The third kappa shape index (κ3) is 1.67. The largest absolute Gasteiger partial charge is 0.332 e. The van der Waals surface area contributed by atoms with Crippen LogP contribution < -0.4 is 0 Å². The summed E-state index contributed by atoms with van der Waals surface area (Å²) in [5.74, 6) is 0. The van der Waals surface area contributed by atoms with Gasteiger partial charge in [0.05, 0.1) is 6.61 Å². The van der Waals surface area contributed by atoms with E-state index in [0.717, 1.165) is 19.7 Å². The molecule has 10 heavy (non-hydrogen) atoms. The molecule has 3 nitrogen and oxygen atoms in total. The monoisotopic (exact) mass is 162 g/mol. The van der Waals surface area contributed by atoms with E-state index in [9.17, 15) is 0 Å². The molecule has 1 rings (SSSR count). The Balaban J connectivity index is 2.38. The van der Waals surface area contributed by atoms with E-state index >= 15 is 0 Å². The first-order chi connectivity index (χ1) is 4.75. The van der Waals surface area contributed by atoms with E-state index < -0.39 is 8.45 Å². The van der Waals surface area contributed by atoms with Gasteiger partial charge in [-0.25, -0.2) is 9.34 Å². The van der Waals surface area contributed by atoms with Crippen LogP contribution in [0.3, 0.4) is 0 Å². The fourth-order valence-electron chi connectivity index (χ4n) is 1.03. The van der Waals surface area contributed by atoms with Gasteiger partial charge in [-0.05, 0) is 21.0 Å². The molecule has 0 radical (unpaired) electrons. The summed E-state index contributed by atoms with van der Waals surface area (Å²) in [4.78, 5) is 0. The lowest BCUT2D eigenvalue weighted by molar-refractivity contribution is 0.332. The number of hydrogen-bond acceptors (Lipinski definition) is 3.